The van der Waals surface area contributed by atoms with Gasteiger partial charge >= 0.3 is 0 Å². The Hall–Kier alpha value is -3.52. The van der Waals surface area contributed by atoms with E-state index in [1.165, 1.54) is 28.1 Å². The van der Waals surface area contributed by atoms with Crippen molar-refractivity contribution in [2.75, 3.05) is 10.2 Å². The third kappa shape index (κ3) is 3.88. The van der Waals surface area contributed by atoms with Gasteiger partial charge in [-0.25, -0.2) is 0 Å². The first-order valence-corrected chi connectivity index (χ1v) is 9.98. The normalized spacial score (nSPS) is 10.6. The maximum Gasteiger partial charge on any atom is 0.0696 e. The lowest BCUT2D eigenvalue weighted by molar-refractivity contribution is 1.22. The summed E-state index contributed by atoms with van der Waals surface area (Å²) in [5, 5.41) is 3.66. The van der Waals surface area contributed by atoms with Crippen molar-refractivity contribution in [3.8, 4) is 0 Å². The second-order valence-corrected chi connectivity index (χ2v) is 7.37. The molecule has 0 unspecified atom stereocenters. The standard InChI is InChI=1S/C27H26N2/c1-20-12-4-7-15-23(20)28-24-16-8-11-19-27(24)29(25-17-9-5-13-21(25)2)26-18-10-6-14-22(26)3/h4-19,28H,1-3H3. The molecule has 0 aliphatic carbocycles. The maximum absolute atomic E-state index is 3.66. The van der Waals surface area contributed by atoms with Crippen molar-refractivity contribution in [3.63, 3.8) is 0 Å². The Kier molecular flexibility index (Phi) is 5.35. The predicted molar refractivity (Wildman–Crippen MR) is 125 cm³/mol. The van der Waals surface area contributed by atoms with E-state index in [1.54, 1.807) is 0 Å². The van der Waals surface area contributed by atoms with E-state index in [2.05, 4.69) is 128 Å². The summed E-state index contributed by atoms with van der Waals surface area (Å²) in [6.45, 7) is 6.46. The van der Waals surface area contributed by atoms with Crippen LogP contribution in [0.3, 0.4) is 0 Å². The third-order valence-corrected chi connectivity index (χ3v) is 5.27. The van der Waals surface area contributed by atoms with Crippen LogP contribution in [0.5, 0.6) is 0 Å². The number of benzene rings is 4. The number of nitrogens with one attached hydrogen (secondary N) is 1. The van der Waals surface area contributed by atoms with Gasteiger partial charge in [0.2, 0.25) is 0 Å². The summed E-state index contributed by atoms with van der Waals surface area (Å²) in [5.41, 5.74) is 9.38. The highest BCUT2D eigenvalue weighted by molar-refractivity contribution is 5.88. The molecule has 0 aliphatic rings. The van der Waals surface area contributed by atoms with E-state index in [9.17, 15) is 0 Å². The van der Waals surface area contributed by atoms with E-state index in [-0.39, 0.29) is 0 Å². The summed E-state index contributed by atoms with van der Waals surface area (Å²) in [6.07, 6.45) is 0. The molecule has 0 bridgehead atoms. The zero-order valence-electron chi connectivity index (χ0n) is 17.2. The predicted octanol–water partition coefficient (Wildman–Crippen LogP) is 7.83. The van der Waals surface area contributed by atoms with Crippen molar-refractivity contribution < 1.29 is 0 Å². The molecule has 0 amide bonds. The lowest BCUT2D eigenvalue weighted by Gasteiger charge is -2.30. The summed E-state index contributed by atoms with van der Waals surface area (Å²) >= 11 is 0. The fourth-order valence-corrected chi connectivity index (χ4v) is 3.65. The van der Waals surface area contributed by atoms with Crippen molar-refractivity contribution in [1.82, 2.24) is 0 Å². The van der Waals surface area contributed by atoms with Gasteiger partial charge in [-0.05, 0) is 67.8 Å². The van der Waals surface area contributed by atoms with Crippen LogP contribution in [0.15, 0.2) is 97.1 Å². The first-order valence-electron chi connectivity index (χ1n) is 9.98. The number of anilines is 5. The minimum atomic E-state index is 1.08. The zero-order valence-corrected chi connectivity index (χ0v) is 17.2. The SMILES string of the molecule is Cc1ccccc1Nc1ccccc1N(c1ccccc1C)c1ccccc1C. The van der Waals surface area contributed by atoms with E-state index in [1.807, 2.05) is 0 Å². The Morgan fingerprint density at radius 2 is 0.862 bits per heavy atom. The van der Waals surface area contributed by atoms with Crippen LogP contribution in [-0.2, 0) is 0 Å². The second kappa shape index (κ2) is 8.24. The molecule has 4 aromatic rings. The summed E-state index contributed by atoms with van der Waals surface area (Å²) in [7, 11) is 0. The lowest BCUT2D eigenvalue weighted by Crippen LogP contribution is -2.14. The highest BCUT2D eigenvalue weighted by Crippen LogP contribution is 2.42. The fraction of sp³-hybridized carbons (Fsp3) is 0.111. The lowest BCUT2D eigenvalue weighted by atomic mass is 10.1. The molecule has 0 atom stereocenters. The van der Waals surface area contributed by atoms with Gasteiger partial charge in [0, 0.05) is 17.1 Å². The number of nitrogens with zero attached hydrogens (tertiary/aromatic N) is 1. The highest BCUT2D eigenvalue weighted by atomic mass is 15.2. The van der Waals surface area contributed by atoms with Crippen molar-refractivity contribution in [2.24, 2.45) is 0 Å². The number of para-hydroxylation sites is 5. The summed E-state index contributed by atoms with van der Waals surface area (Å²) < 4.78 is 0. The minimum absolute atomic E-state index is 1.08. The molecule has 0 aromatic heterocycles. The highest BCUT2D eigenvalue weighted by Gasteiger charge is 2.19. The van der Waals surface area contributed by atoms with E-state index < -0.39 is 0 Å². The summed E-state index contributed by atoms with van der Waals surface area (Å²) in [5.74, 6) is 0. The number of hydrogen-bond donors (Lipinski definition) is 1. The molecule has 29 heavy (non-hydrogen) atoms. The average Bonchev–Trinajstić information content (AvgIpc) is 2.74. The second-order valence-electron chi connectivity index (χ2n) is 7.37. The third-order valence-electron chi connectivity index (χ3n) is 5.27. The van der Waals surface area contributed by atoms with Crippen molar-refractivity contribution in [2.45, 2.75) is 20.8 Å². The molecule has 0 radical (unpaired) electrons. The van der Waals surface area contributed by atoms with Gasteiger partial charge in [0.1, 0.15) is 0 Å². The van der Waals surface area contributed by atoms with Gasteiger partial charge in [0.05, 0.1) is 11.4 Å². The first-order chi connectivity index (χ1) is 14.1. The molecule has 0 aliphatic heterocycles. The summed E-state index contributed by atoms with van der Waals surface area (Å²) in [6, 6.07) is 34.0. The van der Waals surface area contributed by atoms with Gasteiger partial charge in [0.25, 0.3) is 0 Å². The van der Waals surface area contributed by atoms with Crippen LogP contribution in [0.25, 0.3) is 0 Å². The number of hydrogen-bond acceptors (Lipinski definition) is 2. The largest absolute Gasteiger partial charge is 0.354 e. The van der Waals surface area contributed by atoms with Gasteiger partial charge in [-0.1, -0.05) is 66.7 Å². The Morgan fingerprint density at radius 1 is 0.448 bits per heavy atom. The van der Waals surface area contributed by atoms with Crippen LogP contribution < -0.4 is 10.2 Å². The molecule has 4 rings (SSSR count). The van der Waals surface area contributed by atoms with Crippen LogP contribution in [0.4, 0.5) is 28.4 Å². The maximum atomic E-state index is 3.66. The molecule has 0 fully saturated rings. The van der Waals surface area contributed by atoms with Gasteiger partial charge in [-0.2, -0.15) is 0 Å². The van der Waals surface area contributed by atoms with Gasteiger partial charge in [-0.15, -0.1) is 0 Å². The Balaban J connectivity index is 1.90. The average molecular weight is 379 g/mol. The fourth-order valence-electron chi connectivity index (χ4n) is 3.65. The van der Waals surface area contributed by atoms with Crippen LogP contribution in [0.2, 0.25) is 0 Å². The van der Waals surface area contributed by atoms with Crippen LogP contribution in [0, 0.1) is 20.8 Å². The van der Waals surface area contributed by atoms with Gasteiger partial charge < -0.3 is 10.2 Å². The van der Waals surface area contributed by atoms with E-state index in [0.29, 0.717) is 0 Å². The van der Waals surface area contributed by atoms with Gasteiger partial charge in [-0.3, -0.25) is 0 Å². The van der Waals surface area contributed by atoms with Crippen molar-refractivity contribution in [1.29, 1.82) is 0 Å². The first kappa shape index (κ1) is 18.8. The summed E-state index contributed by atoms with van der Waals surface area (Å²) in [4.78, 5) is 2.35. The van der Waals surface area contributed by atoms with Crippen LogP contribution in [-0.4, -0.2) is 0 Å². The van der Waals surface area contributed by atoms with Gasteiger partial charge in [0.15, 0.2) is 0 Å². The van der Waals surface area contributed by atoms with Crippen LogP contribution >= 0.6 is 0 Å². The van der Waals surface area contributed by atoms with Crippen molar-refractivity contribution >= 4 is 28.4 Å². The minimum Gasteiger partial charge on any atom is -0.354 e. The van der Waals surface area contributed by atoms with E-state index in [4.69, 9.17) is 0 Å². The molecule has 2 nitrogen and oxygen atoms in total. The Labute approximate surface area is 173 Å². The molecule has 0 saturated carbocycles. The molecule has 0 spiro atoms. The van der Waals surface area contributed by atoms with E-state index >= 15 is 0 Å². The smallest absolute Gasteiger partial charge is 0.0696 e. The monoisotopic (exact) mass is 378 g/mol. The molecule has 144 valence electrons. The molecular formula is C27H26N2. The molecule has 4 aromatic carbocycles. The Morgan fingerprint density at radius 3 is 1.38 bits per heavy atom. The van der Waals surface area contributed by atoms with Crippen molar-refractivity contribution in [3.05, 3.63) is 114 Å². The quantitative estimate of drug-likeness (QED) is 0.381. The molecule has 2 heteroatoms. The topological polar surface area (TPSA) is 15.3 Å². The van der Waals surface area contributed by atoms with Crippen LogP contribution in [0.1, 0.15) is 16.7 Å². The molecule has 0 saturated heterocycles. The molecule has 1 N–H and O–H groups in total. The van der Waals surface area contributed by atoms with E-state index in [0.717, 1.165) is 17.1 Å². The number of aryl methyl sites for hydroxylation is 3. The molecular weight excluding hydrogens is 352 g/mol. The number of rotatable bonds is 5. The Bertz CT molecular complexity index is 1080. The zero-order chi connectivity index (χ0) is 20.2. The molecule has 0 heterocycles.